The number of hydrogen-bond acceptors (Lipinski definition) is 4. The molecule has 0 aromatic heterocycles. The number of halogens is 1. The van der Waals surface area contributed by atoms with Gasteiger partial charge < -0.3 is 20.3 Å². The van der Waals surface area contributed by atoms with E-state index in [1.54, 1.807) is 12.1 Å². The number of nitrogens with two attached hydrogens (primary N) is 1. The second-order valence-electron chi connectivity index (χ2n) is 4.89. The first kappa shape index (κ1) is 19.4. The maximum atomic E-state index is 13.1. The van der Waals surface area contributed by atoms with Gasteiger partial charge in [-0.2, -0.15) is 0 Å². The van der Waals surface area contributed by atoms with E-state index in [4.69, 9.17) is 15.6 Å². The Morgan fingerprint density at radius 3 is 2.42 bits per heavy atom. The molecule has 0 heterocycles. The topological polar surface area (TPSA) is 81.8 Å². The van der Waals surface area contributed by atoms with Crippen LogP contribution in [-0.2, 0) is 17.8 Å². The summed E-state index contributed by atoms with van der Waals surface area (Å²) in [6.45, 7) is 0.379. The minimum Gasteiger partial charge on any atom is -0.494 e. The van der Waals surface area contributed by atoms with E-state index < -0.39 is 6.09 Å². The number of amides is 1. The number of aryl methyl sites for hydroxylation is 1. The van der Waals surface area contributed by atoms with Crippen LogP contribution >= 0.6 is 0 Å². The summed E-state index contributed by atoms with van der Waals surface area (Å²) in [4.78, 5) is 10.2. The fourth-order valence-electron chi connectivity index (χ4n) is 1.88. The molecule has 0 saturated carbocycles. The van der Waals surface area contributed by atoms with Gasteiger partial charge in [0.15, 0.2) is 11.6 Å². The van der Waals surface area contributed by atoms with Gasteiger partial charge in [0.1, 0.15) is 6.61 Å². The molecule has 0 spiro atoms. The van der Waals surface area contributed by atoms with Crippen LogP contribution in [0.25, 0.3) is 0 Å². The number of hydrogen-bond donors (Lipinski definition) is 2. The molecule has 0 atom stereocenters. The van der Waals surface area contributed by atoms with Crippen LogP contribution in [0.2, 0.25) is 0 Å². The summed E-state index contributed by atoms with van der Waals surface area (Å²) >= 11 is 0. The van der Waals surface area contributed by atoms with Crippen LogP contribution in [-0.4, -0.2) is 24.9 Å². The van der Waals surface area contributed by atoms with E-state index in [9.17, 15) is 9.18 Å². The molecular weight excluding hydrogens is 313 g/mol. The molecule has 0 radical (unpaired) electrons. The van der Waals surface area contributed by atoms with E-state index >= 15 is 0 Å². The van der Waals surface area contributed by atoms with Crippen molar-refractivity contribution in [2.75, 3.05) is 13.7 Å². The highest BCUT2D eigenvalue weighted by atomic mass is 19.1. The van der Waals surface area contributed by atoms with E-state index in [1.807, 2.05) is 30.3 Å². The molecule has 6 heteroatoms. The number of benzene rings is 2. The van der Waals surface area contributed by atoms with Crippen molar-refractivity contribution in [3.05, 3.63) is 65.5 Å². The predicted molar refractivity (Wildman–Crippen MR) is 89.2 cm³/mol. The van der Waals surface area contributed by atoms with Crippen LogP contribution in [0.3, 0.4) is 0 Å². The Hall–Kier alpha value is -2.60. The molecule has 0 bridgehead atoms. The first-order valence-electron chi connectivity index (χ1n) is 7.46. The van der Waals surface area contributed by atoms with Crippen molar-refractivity contribution in [2.45, 2.75) is 19.4 Å². The largest absolute Gasteiger partial charge is 0.494 e. The van der Waals surface area contributed by atoms with Crippen LogP contribution in [0.5, 0.6) is 5.75 Å². The van der Waals surface area contributed by atoms with Crippen molar-refractivity contribution in [1.29, 1.82) is 0 Å². The Labute approximate surface area is 140 Å². The molecule has 24 heavy (non-hydrogen) atoms. The smallest absolute Gasteiger partial charge is 0.404 e. The molecule has 0 aliphatic rings. The summed E-state index contributed by atoms with van der Waals surface area (Å²) in [5, 5.41) is 8.58. The van der Waals surface area contributed by atoms with Crippen molar-refractivity contribution in [1.82, 2.24) is 0 Å². The zero-order valence-corrected chi connectivity index (χ0v) is 13.6. The lowest BCUT2D eigenvalue weighted by molar-refractivity contribution is 0.150. The summed E-state index contributed by atoms with van der Waals surface area (Å²) in [6, 6.07) is 14.2. The van der Waals surface area contributed by atoms with Gasteiger partial charge in [0, 0.05) is 6.61 Å². The number of methoxy groups -OCH3 is 1. The number of rotatable bonds is 6. The normalized spacial score (nSPS) is 9.62. The summed E-state index contributed by atoms with van der Waals surface area (Å²) in [5.74, 6) is -0.0920. The fraction of sp³-hybridized carbons (Fsp3) is 0.278. The van der Waals surface area contributed by atoms with Crippen LogP contribution in [0.4, 0.5) is 9.18 Å². The first-order valence-corrected chi connectivity index (χ1v) is 7.46. The number of carbonyl (C=O) groups excluding carboxylic acids is 1. The van der Waals surface area contributed by atoms with Crippen LogP contribution < -0.4 is 10.5 Å². The number of primary amides is 1. The summed E-state index contributed by atoms with van der Waals surface area (Å²) in [6.07, 6.45) is 0.609. The monoisotopic (exact) mass is 335 g/mol. The van der Waals surface area contributed by atoms with Gasteiger partial charge in [0.2, 0.25) is 0 Å². The van der Waals surface area contributed by atoms with Gasteiger partial charge in [0.05, 0.1) is 7.11 Å². The Morgan fingerprint density at radius 1 is 1.17 bits per heavy atom. The minimum absolute atomic E-state index is 0.133. The lowest BCUT2D eigenvalue weighted by Crippen LogP contribution is -2.12. The molecular formula is C18H22FNO4. The zero-order chi connectivity index (χ0) is 17.8. The van der Waals surface area contributed by atoms with Gasteiger partial charge in [-0.1, -0.05) is 36.4 Å². The number of carbonyl (C=O) groups is 1. The maximum absolute atomic E-state index is 13.1. The predicted octanol–water partition coefficient (Wildman–Crippen LogP) is 3.04. The van der Waals surface area contributed by atoms with Crippen LogP contribution in [0, 0.1) is 5.82 Å². The second kappa shape index (κ2) is 11.0. The van der Waals surface area contributed by atoms with E-state index in [0.717, 1.165) is 11.1 Å². The molecule has 130 valence electrons. The van der Waals surface area contributed by atoms with Gasteiger partial charge >= 0.3 is 6.09 Å². The van der Waals surface area contributed by atoms with E-state index in [-0.39, 0.29) is 24.8 Å². The third kappa shape index (κ3) is 7.60. The quantitative estimate of drug-likeness (QED) is 0.850. The highest BCUT2D eigenvalue weighted by Crippen LogP contribution is 2.18. The van der Waals surface area contributed by atoms with E-state index in [0.29, 0.717) is 12.8 Å². The molecule has 2 aromatic rings. The SMILES string of the molecule is COc1ccc(CCCO)cc1F.NC(=O)OCc1ccccc1. The van der Waals surface area contributed by atoms with Gasteiger partial charge in [-0.05, 0) is 36.1 Å². The molecule has 0 aliphatic carbocycles. The lowest BCUT2D eigenvalue weighted by Gasteiger charge is -2.03. The highest BCUT2D eigenvalue weighted by molar-refractivity contribution is 5.64. The zero-order valence-electron chi connectivity index (χ0n) is 13.6. The summed E-state index contributed by atoms with van der Waals surface area (Å²) < 4.78 is 22.4. The standard InChI is InChI=1S/C10H13FO2.C8H9NO2/c1-13-10-5-4-8(3-2-6-12)7-9(10)11;9-8(10)11-6-7-4-2-1-3-5-7/h4-5,7,12H,2-3,6H2,1H3;1-5H,6H2,(H2,9,10). The Bertz CT molecular complexity index is 620. The average Bonchev–Trinajstić information content (AvgIpc) is 2.60. The van der Waals surface area contributed by atoms with E-state index in [1.165, 1.54) is 13.2 Å². The molecule has 0 fully saturated rings. The highest BCUT2D eigenvalue weighted by Gasteiger charge is 2.02. The molecule has 0 saturated heterocycles. The van der Waals surface area contributed by atoms with Gasteiger partial charge in [-0.25, -0.2) is 9.18 Å². The summed E-state index contributed by atoms with van der Waals surface area (Å²) in [5.41, 5.74) is 6.60. The second-order valence-corrected chi connectivity index (χ2v) is 4.89. The third-order valence-electron chi connectivity index (χ3n) is 3.06. The number of aliphatic hydroxyl groups is 1. The van der Waals surface area contributed by atoms with Crippen molar-refractivity contribution in [3.63, 3.8) is 0 Å². The third-order valence-corrected chi connectivity index (χ3v) is 3.06. The van der Waals surface area contributed by atoms with Gasteiger partial charge in [-0.15, -0.1) is 0 Å². The van der Waals surface area contributed by atoms with Crippen LogP contribution in [0.15, 0.2) is 48.5 Å². The lowest BCUT2D eigenvalue weighted by atomic mass is 10.1. The Morgan fingerprint density at radius 2 is 1.88 bits per heavy atom. The maximum Gasteiger partial charge on any atom is 0.404 e. The van der Waals surface area contributed by atoms with Crippen molar-refractivity contribution in [3.8, 4) is 5.75 Å². The molecule has 0 aliphatic heterocycles. The Kier molecular flexibility index (Phi) is 8.93. The fourth-order valence-corrected chi connectivity index (χ4v) is 1.88. The van der Waals surface area contributed by atoms with Gasteiger partial charge in [-0.3, -0.25) is 0 Å². The van der Waals surface area contributed by atoms with Crippen molar-refractivity contribution >= 4 is 6.09 Å². The molecule has 2 rings (SSSR count). The van der Waals surface area contributed by atoms with Crippen molar-refractivity contribution < 1.29 is 23.8 Å². The van der Waals surface area contributed by atoms with E-state index in [2.05, 4.69) is 4.74 Å². The first-order chi connectivity index (χ1) is 11.6. The number of ether oxygens (including phenoxy) is 2. The van der Waals surface area contributed by atoms with Gasteiger partial charge in [0.25, 0.3) is 0 Å². The summed E-state index contributed by atoms with van der Waals surface area (Å²) in [7, 11) is 1.44. The number of aliphatic hydroxyl groups excluding tert-OH is 1. The molecule has 5 nitrogen and oxygen atoms in total. The van der Waals surface area contributed by atoms with Crippen molar-refractivity contribution in [2.24, 2.45) is 5.73 Å². The minimum atomic E-state index is -0.742. The molecule has 2 aromatic carbocycles. The molecule has 3 N–H and O–H groups in total. The molecule has 1 amide bonds. The Balaban J connectivity index is 0.000000243. The van der Waals surface area contributed by atoms with Crippen LogP contribution in [0.1, 0.15) is 17.5 Å². The molecule has 0 unspecified atom stereocenters. The average molecular weight is 335 g/mol.